The Labute approximate surface area is 162 Å². The maximum absolute atomic E-state index is 12.2. The molecule has 3 aromatic rings. The Bertz CT molecular complexity index is 899. The first-order valence-corrected chi connectivity index (χ1v) is 8.83. The van der Waals surface area contributed by atoms with Crippen molar-refractivity contribution in [3.05, 3.63) is 59.5 Å². The van der Waals surface area contributed by atoms with Gasteiger partial charge in [-0.3, -0.25) is 0 Å². The van der Waals surface area contributed by atoms with Crippen LogP contribution < -0.4 is 15.8 Å². The SMILES string of the molecule is COc1cc(COCCF)cc(C(N)Nc2ccc(-c3noc(C)n3)cc2)c1. The largest absolute Gasteiger partial charge is 0.497 e. The number of nitrogens with one attached hydrogen (secondary N) is 1. The van der Waals surface area contributed by atoms with Crippen LogP contribution >= 0.6 is 0 Å². The van der Waals surface area contributed by atoms with Crippen LogP contribution in [0, 0.1) is 6.92 Å². The fraction of sp³-hybridized carbons (Fsp3) is 0.300. The average molecular weight is 386 g/mol. The molecule has 1 atom stereocenters. The molecule has 3 N–H and O–H groups in total. The monoisotopic (exact) mass is 386 g/mol. The zero-order valence-corrected chi connectivity index (χ0v) is 15.8. The van der Waals surface area contributed by atoms with Crippen LogP contribution in [0.5, 0.6) is 5.75 Å². The topological polar surface area (TPSA) is 95.4 Å². The molecule has 0 saturated carbocycles. The van der Waals surface area contributed by atoms with Crippen LogP contribution in [-0.4, -0.2) is 30.5 Å². The number of ether oxygens (including phenoxy) is 2. The third-order valence-corrected chi connectivity index (χ3v) is 4.07. The third kappa shape index (κ3) is 5.05. The second-order valence-corrected chi connectivity index (χ2v) is 6.19. The molecule has 148 valence electrons. The highest BCUT2D eigenvalue weighted by atomic mass is 19.1. The minimum atomic E-state index is -0.517. The first-order valence-electron chi connectivity index (χ1n) is 8.83. The zero-order chi connectivity index (χ0) is 19.9. The van der Waals surface area contributed by atoms with Gasteiger partial charge in [-0.2, -0.15) is 4.98 Å². The Morgan fingerprint density at radius 1 is 1.21 bits per heavy atom. The normalized spacial score (nSPS) is 12.0. The lowest BCUT2D eigenvalue weighted by molar-refractivity contribution is 0.106. The van der Waals surface area contributed by atoms with Crippen LogP contribution in [0.15, 0.2) is 47.0 Å². The number of alkyl halides is 1. The van der Waals surface area contributed by atoms with Crippen LogP contribution in [-0.2, 0) is 11.3 Å². The lowest BCUT2D eigenvalue weighted by Gasteiger charge is -2.18. The molecule has 0 aliphatic heterocycles. The molecule has 0 amide bonds. The highest BCUT2D eigenvalue weighted by molar-refractivity contribution is 5.59. The second kappa shape index (κ2) is 9.29. The van der Waals surface area contributed by atoms with Crippen LogP contribution in [0.3, 0.4) is 0 Å². The summed E-state index contributed by atoms with van der Waals surface area (Å²) in [6.45, 7) is 1.58. The Hall–Kier alpha value is -2.97. The molecule has 1 heterocycles. The van der Waals surface area contributed by atoms with Gasteiger partial charge in [0.15, 0.2) is 0 Å². The number of halogens is 1. The number of aromatic nitrogens is 2. The maximum atomic E-state index is 12.2. The lowest BCUT2D eigenvalue weighted by Crippen LogP contribution is -2.20. The molecule has 0 fully saturated rings. The van der Waals surface area contributed by atoms with Crippen molar-refractivity contribution in [1.82, 2.24) is 10.1 Å². The molecule has 1 aromatic heterocycles. The van der Waals surface area contributed by atoms with E-state index >= 15 is 0 Å². The van der Waals surface area contributed by atoms with E-state index < -0.39 is 12.8 Å². The van der Waals surface area contributed by atoms with E-state index in [0.29, 0.717) is 24.1 Å². The molecule has 28 heavy (non-hydrogen) atoms. The molecular weight excluding hydrogens is 363 g/mol. The highest BCUT2D eigenvalue weighted by Crippen LogP contribution is 2.24. The van der Waals surface area contributed by atoms with Gasteiger partial charge in [0.25, 0.3) is 0 Å². The molecule has 1 unspecified atom stereocenters. The average Bonchev–Trinajstić information content (AvgIpc) is 3.15. The molecule has 2 aromatic carbocycles. The molecule has 0 saturated heterocycles. The lowest BCUT2D eigenvalue weighted by atomic mass is 10.1. The number of nitrogens with two attached hydrogens (primary N) is 1. The van der Waals surface area contributed by atoms with Crippen molar-refractivity contribution in [3.8, 4) is 17.1 Å². The van der Waals surface area contributed by atoms with Gasteiger partial charge < -0.3 is 25.0 Å². The van der Waals surface area contributed by atoms with Crippen molar-refractivity contribution in [2.24, 2.45) is 5.73 Å². The number of nitrogens with zero attached hydrogens (tertiary/aromatic N) is 2. The van der Waals surface area contributed by atoms with Crippen molar-refractivity contribution in [3.63, 3.8) is 0 Å². The van der Waals surface area contributed by atoms with E-state index in [-0.39, 0.29) is 6.61 Å². The Morgan fingerprint density at radius 3 is 2.64 bits per heavy atom. The summed E-state index contributed by atoms with van der Waals surface area (Å²) in [6.07, 6.45) is -0.465. The van der Waals surface area contributed by atoms with E-state index in [1.807, 2.05) is 42.5 Å². The van der Waals surface area contributed by atoms with Crippen LogP contribution in [0.25, 0.3) is 11.4 Å². The minimum Gasteiger partial charge on any atom is -0.497 e. The minimum absolute atomic E-state index is 0.0586. The van der Waals surface area contributed by atoms with Gasteiger partial charge in [-0.15, -0.1) is 0 Å². The van der Waals surface area contributed by atoms with E-state index in [9.17, 15) is 4.39 Å². The molecule has 0 radical (unpaired) electrons. The van der Waals surface area contributed by atoms with Gasteiger partial charge in [0.2, 0.25) is 11.7 Å². The van der Waals surface area contributed by atoms with Gasteiger partial charge in [0.1, 0.15) is 18.6 Å². The predicted molar refractivity (Wildman–Crippen MR) is 104 cm³/mol. The Kier molecular flexibility index (Phi) is 6.57. The van der Waals surface area contributed by atoms with Crippen LogP contribution in [0.4, 0.5) is 10.1 Å². The molecule has 0 bridgehead atoms. The molecule has 7 nitrogen and oxygen atoms in total. The highest BCUT2D eigenvalue weighted by Gasteiger charge is 2.11. The first kappa shape index (κ1) is 19.8. The van der Waals surface area contributed by atoms with E-state index in [2.05, 4.69) is 15.5 Å². The number of benzene rings is 2. The van der Waals surface area contributed by atoms with Crippen molar-refractivity contribution in [1.29, 1.82) is 0 Å². The van der Waals surface area contributed by atoms with Gasteiger partial charge in [0.05, 0.1) is 20.3 Å². The van der Waals surface area contributed by atoms with E-state index in [1.54, 1.807) is 14.0 Å². The summed E-state index contributed by atoms with van der Waals surface area (Å²) < 4.78 is 27.8. The number of methoxy groups -OCH3 is 1. The smallest absolute Gasteiger partial charge is 0.223 e. The standard InChI is InChI=1S/C20H23FN4O3/c1-13-23-20(25-28-13)15-3-5-17(6-4-15)24-19(22)16-9-14(12-27-8-7-21)10-18(11-16)26-2/h3-6,9-11,19,24H,7-8,12,22H2,1-2H3. The predicted octanol–water partition coefficient (Wildman–Crippen LogP) is 3.61. The number of anilines is 1. The van der Waals surface area contributed by atoms with Crippen molar-refractivity contribution < 1.29 is 18.4 Å². The van der Waals surface area contributed by atoms with Gasteiger partial charge in [-0.1, -0.05) is 5.16 Å². The van der Waals surface area contributed by atoms with Gasteiger partial charge >= 0.3 is 0 Å². The first-order chi connectivity index (χ1) is 13.6. The molecular formula is C20H23FN4O3. The summed E-state index contributed by atoms with van der Waals surface area (Å²) in [6, 6.07) is 13.2. The van der Waals surface area contributed by atoms with E-state index in [4.69, 9.17) is 19.7 Å². The van der Waals surface area contributed by atoms with Crippen molar-refractivity contribution in [2.75, 3.05) is 25.7 Å². The molecule has 3 rings (SSSR count). The quantitative estimate of drug-likeness (QED) is 0.428. The summed E-state index contributed by atoms with van der Waals surface area (Å²) in [5, 5.41) is 7.15. The summed E-state index contributed by atoms with van der Waals surface area (Å²) in [4.78, 5) is 4.21. The zero-order valence-electron chi connectivity index (χ0n) is 15.8. The van der Waals surface area contributed by atoms with Crippen molar-refractivity contribution >= 4 is 5.69 Å². The summed E-state index contributed by atoms with van der Waals surface area (Å²) >= 11 is 0. The van der Waals surface area contributed by atoms with Crippen molar-refractivity contribution in [2.45, 2.75) is 19.7 Å². The molecule has 8 heteroatoms. The fourth-order valence-corrected chi connectivity index (χ4v) is 2.71. The van der Waals surface area contributed by atoms with Gasteiger partial charge in [-0.25, -0.2) is 4.39 Å². The maximum Gasteiger partial charge on any atom is 0.223 e. The van der Waals surface area contributed by atoms with Crippen LogP contribution in [0.2, 0.25) is 0 Å². The van der Waals surface area contributed by atoms with Crippen LogP contribution in [0.1, 0.15) is 23.2 Å². The van der Waals surface area contributed by atoms with E-state index in [0.717, 1.165) is 22.4 Å². The third-order valence-electron chi connectivity index (χ3n) is 4.07. The molecule has 0 spiro atoms. The molecule has 0 aliphatic carbocycles. The second-order valence-electron chi connectivity index (χ2n) is 6.19. The molecule has 0 aliphatic rings. The fourth-order valence-electron chi connectivity index (χ4n) is 2.71. The number of hydrogen-bond acceptors (Lipinski definition) is 7. The van der Waals surface area contributed by atoms with E-state index in [1.165, 1.54) is 0 Å². The summed E-state index contributed by atoms with van der Waals surface area (Å²) in [7, 11) is 1.59. The Balaban J connectivity index is 1.71. The Morgan fingerprint density at radius 2 is 2.00 bits per heavy atom. The van der Waals surface area contributed by atoms with Gasteiger partial charge in [-0.05, 0) is 53.6 Å². The van der Waals surface area contributed by atoms with Gasteiger partial charge in [0, 0.05) is 18.2 Å². The summed E-state index contributed by atoms with van der Waals surface area (Å²) in [5.74, 6) is 1.72. The summed E-state index contributed by atoms with van der Waals surface area (Å²) in [5.41, 5.74) is 9.71. The number of hydrogen-bond donors (Lipinski definition) is 2. The number of aryl methyl sites for hydroxylation is 1. The number of rotatable bonds is 9.